The zero-order valence-electron chi connectivity index (χ0n) is 11.8. The maximum atomic E-state index is 12.0. The number of carbonyl (C=O) groups excluding carboxylic acids is 2. The van der Waals surface area contributed by atoms with E-state index in [1.165, 1.54) is 13.0 Å². The highest BCUT2D eigenvalue weighted by Gasteiger charge is 2.21. The number of nitrogens with zero attached hydrogens (tertiary/aromatic N) is 2. The van der Waals surface area contributed by atoms with Crippen LogP contribution in [0.4, 0.5) is 11.5 Å². The molecule has 0 aliphatic rings. The Kier molecular flexibility index (Phi) is 6.05. The third-order valence-corrected chi connectivity index (χ3v) is 2.47. The molecule has 114 valence electrons. The van der Waals surface area contributed by atoms with E-state index in [-0.39, 0.29) is 30.2 Å². The van der Waals surface area contributed by atoms with E-state index in [0.29, 0.717) is 12.4 Å². The lowest BCUT2D eigenvalue weighted by molar-refractivity contribution is -0.385. The van der Waals surface area contributed by atoms with Gasteiger partial charge in [-0.15, -0.1) is 0 Å². The fourth-order valence-corrected chi connectivity index (χ4v) is 1.56. The van der Waals surface area contributed by atoms with Crippen LogP contribution in [0.15, 0.2) is 12.3 Å². The van der Waals surface area contributed by atoms with Gasteiger partial charge in [-0.3, -0.25) is 19.7 Å². The molecule has 0 unspecified atom stereocenters. The highest BCUT2D eigenvalue weighted by Crippen LogP contribution is 2.20. The van der Waals surface area contributed by atoms with E-state index in [4.69, 9.17) is 0 Å². The average molecular weight is 295 g/mol. The van der Waals surface area contributed by atoms with E-state index < -0.39 is 10.8 Å². The molecule has 1 aromatic heterocycles. The highest BCUT2D eigenvalue weighted by atomic mass is 16.6. The van der Waals surface area contributed by atoms with Crippen LogP contribution in [0, 0.1) is 10.1 Å². The Morgan fingerprint density at radius 3 is 2.57 bits per heavy atom. The van der Waals surface area contributed by atoms with E-state index in [2.05, 4.69) is 20.9 Å². The van der Waals surface area contributed by atoms with Crippen molar-refractivity contribution >= 4 is 23.3 Å². The molecule has 1 heterocycles. The number of hydrogen-bond acceptors (Lipinski definition) is 6. The topological polar surface area (TPSA) is 126 Å². The van der Waals surface area contributed by atoms with Crippen molar-refractivity contribution in [2.45, 2.75) is 13.8 Å². The van der Waals surface area contributed by atoms with E-state index in [1.807, 2.05) is 6.92 Å². The Labute approximate surface area is 121 Å². The molecule has 0 radical (unpaired) electrons. The van der Waals surface area contributed by atoms with Gasteiger partial charge in [0.25, 0.3) is 11.6 Å². The van der Waals surface area contributed by atoms with Gasteiger partial charge in [-0.2, -0.15) is 0 Å². The molecule has 21 heavy (non-hydrogen) atoms. The number of hydrogen-bond donors (Lipinski definition) is 3. The first-order valence-electron chi connectivity index (χ1n) is 6.36. The van der Waals surface area contributed by atoms with Crippen molar-refractivity contribution in [3.63, 3.8) is 0 Å². The van der Waals surface area contributed by atoms with Gasteiger partial charge >= 0.3 is 0 Å². The number of carbonyl (C=O) groups is 2. The Hall–Kier alpha value is -2.71. The van der Waals surface area contributed by atoms with Crippen LogP contribution < -0.4 is 16.0 Å². The van der Waals surface area contributed by atoms with E-state index in [1.54, 1.807) is 0 Å². The van der Waals surface area contributed by atoms with Gasteiger partial charge in [0.15, 0.2) is 0 Å². The van der Waals surface area contributed by atoms with Crippen molar-refractivity contribution in [1.29, 1.82) is 0 Å². The van der Waals surface area contributed by atoms with Gasteiger partial charge in [0.1, 0.15) is 17.6 Å². The molecule has 0 aromatic carbocycles. The number of rotatable bonds is 7. The van der Waals surface area contributed by atoms with Gasteiger partial charge in [-0.25, -0.2) is 4.98 Å². The lowest BCUT2D eigenvalue weighted by Gasteiger charge is -2.08. The smallest absolute Gasteiger partial charge is 0.300 e. The minimum absolute atomic E-state index is 0.0752. The van der Waals surface area contributed by atoms with Crippen LogP contribution in [0.5, 0.6) is 0 Å². The second-order valence-corrected chi connectivity index (χ2v) is 4.11. The largest absolute Gasteiger partial charge is 0.370 e. The molecule has 1 aromatic rings. The number of amides is 2. The molecule has 0 saturated carbocycles. The summed E-state index contributed by atoms with van der Waals surface area (Å²) >= 11 is 0. The second kappa shape index (κ2) is 7.78. The van der Waals surface area contributed by atoms with Crippen LogP contribution in [-0.2, 0) is 4.79 Å². The number of nitro groups is 1. The average Bonchev–Trinajstić information content (AvgIpc) is 2.43. The first kappa shape index (κ1) is 16.3. The molecule has 0 aliphatic heterocycles. The Morgan fingerprint density at radius 2 is 2.00 bits per heavy atom. The van der Waals surface area contributed by atoms with Gasteiger partial charge in [-0.1, -0.05) is 0 Å². The third-order valence-electron chi connectivity index (χ3n) is 2.47. The zero-order chi connectivity index (χ0) is 15.8. The molecule has 2 amide bonds. The Balaban J connectivity index is 2.82. The van der Waals surface area contributed by atoms with E-state index in [9.17, 15) is 19.7 Å². The quantitative estimate of drug-likeness (QED) is 0.377. The third kappa shape index (κ3) is 5.05. The van der Waals surface area contributed by atoms with Crippen molar-refractivity contribution < 1.29 is 14.5 Å². The van der Waals surface area contributed by atoms with Crippen molar-refractivity contribution in [2.24, 2.45) is 0 Å². The fraction of sp³-hybridized carbons (Fsp3) is 0.417. The monoisotopic (exact) mass is 295 g/mol. The molecule has 9 nitrogen and oxygen atoms in total. The highest BCUT2D eigenvalue weighted by molar-refractivity contribution is 5.98. The first-order chi connectivity index (χ1) is 9.95. The normalized spacial score (nSPS) is 9.81. The van der Waals surface area contributed by atoms with E-state index in [0.717, 1.165) is 6.20 Å². The van der Waals surface area contributed by atoms with Gasteiger partial charge < -0.3 is 16.0 Å². The van der Waals surface area contributed by atoms with Crippen LogP contribution in [-0.4, -0.2) is 41.4 Å². The summed E-state index contributed by atoms with van der Waals surface area (Å²) in [5.41, 5.74) is -0.442. The molecule has 0 saturated heterocycles. The van der Waals surface area contributed by atoms with Gasteiger partial charge in [0.05, 0.1) is 4.92 Å². The summed E-state index contributed by atoms with van der Waals surface area (Å²) in [6.07, 6.45) is 1.04. The lowest BCUT2D eigenvalue weighted by atomic mass is 10.2. The van der Waals surface area contributed by atoms with Gasteiger partial charge in [-0.05, 0) is 6.92 Å². The molecule has 3 N–H and O–H groups in total. The van der Waals surface area contributed by atoms with Gasteiger partial charge in [0.2, 0.25) is 5.91 Å². The number of anilines is 1. The number of pyridine rings is 1. The Morgan fingerprint density at radius 1 is 1.33 bits per heavy atom. The minimum Gasteiger partial charge on any atom is -0.370 e. The van der Waals surface area contributed by atoms with Crippen LogP contribution in [0.2, 0.25) is 0 Å². The van der Waals surface area contributed by atoms with E-state index >= 15 is 0 Å². The van der Waals surface area contributed by atoms with Crippen molar-refractivity contribution in [3.8, 4) is 0 Å². The first-order valence-corrected chi connectivity index (χ1v) is 6.36. The zero-order valence-corrected chi connectivity index (χ0v) is 11.8. The molecular formula is C12H17N5O4. The van der Waals surface area contributed by atoms with Crippen LogP contribution in [0.1, 0.15) is 24.2 Å². The minimum atomic E-state index is -0.661. The molecule has 0 fully saturated rings. The summed E-state index contributed by atoms with van der Waals surface area (Å²) in [6, 6.07) is 1.33. The predicted octanol–water partition coefficient (Wildman–Crippen LogP) is 0.287. The fourth-order valence-electron chi connectivity index (χ4n) is 1.56. The summed E-state index contributed by atoms with van der Waals surface area (Å²) in [5, 5.41) is 18.8. The second-order valence-electron chi connectivity index (χ2n) is 4.11. The van der Waals surface area contributed by atoms with Crippen LogP contribution in [0.25, 0.3) is 0 Å². The van der Waals surface area contributed by atoms with Crippen molar-refractivity contribution in [1.82, 2.24) is 15.6 Å². The Bertz CT molecular complexity index is 546. The number of aromatic nitrogens is 1. The summed E-state index contributed by atoms with van der Waals surface area (Å²) in [6.45, 7) is 4.21. The molecule has 1 rings (SSSR count). The van der Waals surface area contributed by atoms with Crippen LogP contribution in [0.3, 0.4) is 0 Å². The summed E-state index contributed by atoms with van der Waals surface area (Å²) in [5.74, 6) is -0.419. The maximum Gasteiger partial charge on any atom is 0.300 e. The van der Waals surface area contributed by atoms with Crippen LogP contribution >= 0.6 is 0 Å². The van der Waals surface area contributed by atoms with Crippen molar-refractivity contribution in [2.75, 3.05) is 25.0 Å². The lowest BCUT2D eigenvalue weighted by Crippen LogP contribution is -2.34. The molecule has 0 spiro atoms. The molecule has 0 aliphatic carbocycles. The molecule has 0 atom stereocenters. The number of nitrogens with one attached hydrogen (secondary N) is 3. The molecular weight excluding hydrogens is 278 g/mol. The molecule has 0 bridgehead atoms. The summed E-state index contributed by atoms with van der Waals surface area (Å²) in [7, 11) is 0. The van der Waals surface area contributed by atoms with Gasteiger partial charge in [0, 0.05) is 32.6 Å². The summed E-state index contributed by atoms with van der Waals surface area (Å²) < 4.78 is 0. The maximum absolute atomic E-state index is 12.0. The molecule has 9 heteroatoms. The summed E-state index contributed by atoms with van der Waals surface area (Å²) in [4.78, 5) is 36.8. The predicted molar refractivity (Wildman–Crippen MR) is 76.1 cm³/mol. The van der Waals surface area contributed by atoms with Crippen molar-refractivity contribution in [3.05, 3.63) is 27.9 Å². The SMILES string of the molecule is CCNc1cc(C(=O)NCCNC(C)=O)c([N+](=O)[O-])cn1. The standard InChI is InChI=1S/C12H17N5O4/c1-3-13-11-6-9(10(7-16-11)17(20)21)12(19)15-5-4-14-8(2)18/h6-7H,3-5H2,1-2H3,(H,13,16)(H,14,18)(H,15,19).